The molecule has 116 valence electrons. The van der Waals surface area contributed by atoms with E-state index < -0.39 is 0 Å². The number of aromatic nitrogens is 3. The second-order valence-corrected chi connectivity index (χ2v) is 5.35. The molecule has 2 N–H and O–H groups in total. The molecule has 0 unspecified atom stereocenters. The number of anilines is 3. The molecule has 1 aromatic carbocycles. The number of nitrogens with one attached hydrogen (secondary N) is 2. The Balaban J connectivity index is 1.72. The number of nitrogens with zero attached hydrogens (tertiary/aromatic N) is 3. The number of ether oxygens (including phenoxy) is 1. The Labute approximate surface area is 130 Å². The van der Waals surface area contributed by atoms with Gasteiger partial charge in [0.1, 0.15) is 5.75 Å². The van der Waals surface area contributed by atoms with E-state index in [1.54, 1.807) is 6.20 Å². The lowest BCUT2D eigenvalue weighted by Crippen LogP contribution is -2.17. The molecule has 0 saturated heterocycles. The Morgan fingerprint density at radius 2 is 2.05 bits per heavy atom. The molecular formula is C16H21N5O. The van der Waals surface area contributed by atoms with E-state index in [1.807, 2.05) is 31.2 Å². The zero-order chi connectivity index (χ0) is 15.2. The van der Waals surface area contributed by atoms with Gasteiger partial charge in [0.05, 0.1) is 18.5 Å². The molecule has 1 fully saturated rings. The molecule has 1 aliphatic rings. The van der Waals surface area contributed by atoms with Gasteiger partial charge in [-0.3, -0.25) is 0 Å². The van der Waals surface area contributed by atoms with Crippen LogP contribution in [0.3, 0.4) is 0 Å². The highest BCUT2D eigenvalue weighted by Gasteiger charge is 2.16. The molecule has 0 atom stereocenters. The average Bonchev–Trinajstić information content (AvgIpc) is 3.03. The van der Waals surface area contributed by atoms with Gasteiger partial charge in [-0.05, 0) is 31.9 Å². The molecule has 6 heteroatoms. The minimum Gasteiger partial charge on any atom is -0.492 e. The van der Waals surface area contributed by atoms with Gasteiger partial charge in [0.2, 0.25) is 5.95 Å². The molecule has 1 aromatic heterocycles. The Morgan fingerprint density at radius 3 is 2.86 bits per heavy atom. The minimum absolute atomic E-state index is 0.466. The van der Waals surface area contributed by atoms with E-state index in [0.29, 0.717) is 24.4 Å². The number of para-hydroxylation sites is 2. The Hall–Kier alpha value is -2.37. The molecule has 0 aliphatic heterocycles. The van der Waals surface area contributed by atoms with Crippen molar-refractivity contribution < 1.29 is 4.74 Å². The standard InChI is InChI=1S/C16H21N5O/c1-2-22-14-10-6-5-9-13(14)19-15-11-17-21-16(20-15)18-12-7-3-4-8-12/h5-6,9-12H,2-4,7-8H2,1H3,(H2,18,19,20,21). The molecule has 0 radical (unpaired) electrons. The third kappa shape index (κ3) is 3.63. The van der Waals surface area contributed by atoms with E-state index in [0.717, 1.165) is 11.4 Å². The van der Waals surface area contributed by atoms with Crippen LogP contribution in [0.1, 0.15) is 32.6 Å². The van der Waals surface area contributed by atoms with Gasteiger partial charge < -0.3 is 15.4 Å². The first-order valence-electron chi connectivity index (χ1n) is 7.80. The van der Waals surface area contributed by atoms with Crippen LogP contribution in [0.25, 0.3) is 0 Å². The van der Waals surface area contributed by atoms with Gasteiger partial charge in [-0.2, -0.15) is 10.1 Å². The summed E-state index contributed by atoms with van der Waals surface area (Å²) in [4.78, 5) is 4.48. The van der Waals surface area contributed by atoms with E-state index in [1.165, 1.54) is 25.7 Å². The minimum atomic E-state index is 0.466. The normalized spacial score (nSPS) is 14.8. The van der Waals surface area contributed by atoms with Crippen LogP contribution in [0.15, 0.2) is 30.5 Å². The first-order chi connectivity index (χ1) is 10.8. The molecule has 22 heavy (non-hydrogen) atoms. The topological polar surface area (TPSA) is 72.0 Å². The van der Waals surface area contributed by atoms with Crippen molar-refractivity contribution >= 4 is 17.5 Å². The molecule has 1 saturated carbocycles. The highest BCUT2D eigenvalue weighted by atomic mass is 16.5. The van der Waals surface area contributed by atoms with E-state index in [9.17, 15) is 0 Å². The molecule has 3 rings (SSSR count). The highest BCUT2D eigenvalue weighted by Crippen LogP contribution is 2.27. The van der Waals surface area contributed by atoms with Crippen LogP contribution in [0.2, 0.25) is 0 Å². The van der Waals surface area contributed by atoms with Gasteiger partial charge in [0, 0.05) is 6.04 Å². The van der Waals surface area contributed by atoms with Gasteiger partial charge in [-0.15, -0.1) is 5.10 Å². The lowest BCUT2D eigenvalue weighted by atomic mass is 10.2. The van der Waals surface area contributed by atoms with E-state index in [2.05, 4.69) is 25.8 Å². The third-order valence-electron chi connectivity index (χ3n) is 3.70. The van der Waals surface area contributed by atoms with Crippen molar-refractivity contribution in [2.75, 3.05) is 17.2 Å². The van der Waals surface area contributed by atoms with E-state index in [4.69, 9.17) is 4.74 Å². The second-order valence-electron chi connectivity index (χ2n) is 5.35. The first-order valence-corrected chi connectivity index (χ1v) is 7.80. The zero-order valence-corrected chi connectivity index (χ0v) is 12.7. The predicted octanol–water partition coefficient (Wildman–Crippen LogP) is 3.37. The summed E-state index contributed by atoms with van der Waals surface area (Å²) in [5, 5.41) is 14.7. The summed E-state index contributed by atoms with van der Waals surface area (Å²) < 4.78 is 5.61. The number of hydrogen-bond donors (Lipinski definition) is 2. The average molecular weight is 299 g/mol. The van der Waals surface area contributed by atoms with E-state index in [-0.39, 0.29) is 0 Å². The monoisotopic (exact) mass is 299 g/mol. The smallest absolute Gasteiger partial charge is 0.244 e. The molecule has 1 aliphatic carbocycles. The molecular weight excluding hydrogens is 278 g/mol. The lowest BCUT2D eigenvalue weighted by molar-refractivity contribution is 0.342. The number of benzene rings is 1. The van der Waals surface area contributed by atoms with Crippen LogP contribution >= 0.6 is 0 Å². The van der Waals surface area contributed by atoms with Gasteiger partial charge in [0.25, 0.3) is 0 Å². The maximum absolute atomic E-state index is 5.61. The molecule has 2 aromatic rings. The van der Waals surface area contributed by atoms with Crippen LogP contribution in [-0.4, -0.2) is 27.8 Å². The maximum atomic E-state index is 5.61. The fraction of sp³-hybridized carbons (Fsp3) is 0.438. The summed E-state index contributed by atoms with van der Waals surface area (Å²) in [6.45, 7) is 2.59. The Kier molecular flexibility index (Phi) is 4.68. The fourth-order valence-corrected chi connectivity index (χ4v) is 2.67. The second kappa shape index (κ2) is 7.06. The van der Waals surface area contributed by atoms with Gasteiger partial charge >= 0.3 is 0 Å². The van der Waals surface area contributed by atoms with Crippen LogP contribution in [0, 0.1) is 0 Å². The maximum Gasteiger partial charge on any atom is 0.244 e. The summed E-state index contributed by atoms with van der Waals surface area (Å²) >= 11 is 0. The van der Waals surface area contributed by atoms with Crippen molar-refractivity contribution in [3.8, 4) is 5.75 Å². The van der Waals surface area contributed by atoms with Gasteiger partial charge in [0.15, 0.2) is 5.82 Å². The summed E-state index contributed by atoms with van der Waals surface area (Å²) in [7, 11) is 0. The molecule has 1 heterocycles. The summed E-state index contributed by atoms with van der Waals surface area (Å²) in [5.41, 5.74) is 0.872. The third-order valence-corrected chi connectivity index (χ3v) is 3.70. The first kappa shape index (κ1) is 14.6. The van der Waals surface area contributed by atoms with Crippen LogP contribution < -0.4 is 15.4 Å². The van der Waals surface area contributed by atoms with Crippen LogP contribution in [0.5, 0.6) is 5.75 Å². The SMILES string of the molecule is CCOc1ccccc1Nc1cnnc(NC2CCCC2)n1. The van der Waals surface area contributed by atoms with Crippen molar-refractivity contribution in [1.29, 1.82) is 0 Å². The van der Waals surface area contributed by atoms with Crippen molar-refractivity contribution in [3.05, 3.63) is 30.5 Å². The summed E-state index contributed by atoms with van der Waals surface area (Å²) in [5.74, 6) is 2.03. The Bertz CT molecular complexity index is 613. The van der Waals surface area contributed by atoms with Crippen LogP contribution in [0.4, 0.5) is 17.5 Å². The zero-order valence-electron chi connectivity index (χ0n) is 12.7. The predicted molar refractivity (Wildman–Crippen MR) is 86.6 cm³/mol. The largest absolute Gasteiger partial charge is 0.492 e. The van der Waals surface area contributed by atoms with Crippen molar-refractivity contribution in [2.24, 2.45) is 0 Å². The molecule has 6 nitrogen and oxygen atoms in total. The number of rotatable bonds is 6. The summed E-state index contributed by atoms with van der Waals surface area (Å²) in [6, 6.07) is 8.25. The van der Waals surface area contributed by atoms with Crippen molar-refractivity contribution in [1.82, 2.24) is 15.2 Å². The highest BCUT2D eigenvalue weighted by molar-refractivity contribution is 5.63. The Morgan fingerprint density at radius 1 is 1.23 bits per heavy atom. The van der Waals surface area contributed by atoms with Gasteiger partial charge in [-0.25, -0.2) is 0 Å². The molecule has 0 amide bonds. The van der Waals surface area contributed by atoms with Crippen molar-refractivity contribution in [2.45, 2.75) is 38.6 Å². The molecule has 0 spiro atoms. The molecule has 0 bridgehead atoms. The fourth-order valence-electron chi connectivity index (χ4n) is 2.67. The van der Waals surface area contributed by atoms with Crippen molar-refractivity contribution in [3.63, 3.8) is 0 Å². The number of hydrogen-bond acceptors (Lipinski definition) is 6. The summed E-state index contributed by atoms with van der Waals surface area (Å²) in [6.07, 6.45) is 6.50. The van der Waals surface area contributed by atoms with Gasteiger partial charge in [-0.1, -0.05) is 25.0 Å². The van der Waals surface area contributed by atoms with E-state index >= 15 is 0 Å². The quantitative estimate of drug-likeness (QED) is 0.852. The van der Waals surface area contributed by atoms with Crippen LogP contribution in [-0.2, 0) is 0 Å². The lowest BCUT2D eigenvalue weighted by Gasteiger charge is -2.13.